The van der Waals surface area contributed by atoms with Gasteiger partial charge in [-0.1, -0.05) is 30.3 Å². The zero-order chi connectivity index (χ0) is 15.1. The Balaban J connectivity index is 1.46. The summed E-state index contributed by atoms with van der Waals surface area (Å²) in [5, 5.41) is 11.5. The van der Waals surface area contributed by atoms with Crippen molar-refractivity contribution in [3.05, 3.63) is 35.9 Å². The summed E-state index contributed by atoms with van der Waals surface area (Å²) in [5.74, 6) is -1.83. The van der Waals surface area contributed by atoms with Crippen molar-refractivity contribution < 1.29 is 19.4 Å². The maximum Gasteiger partial charge on any atom is 0.307 e. The van der Waals surface area contributed by atoms with E-state index in [1.165, 1.54) is 5.56 Å². The van der Waals surface area contributed by atoms with Crippen LogP contribution in [0.2, 0.25) is 0 Å². The summed E-state index contributed by atoms with van der Waals surface area (Å²) in [6, 6.07) is 10.1. The monoisotopic (exact) mass is 291 g/mol. The van der Waals surface area contributed by atoms with Gasteiger partial charge in [0.1, 0.15) is 0 Å². The summed E-state index contributed by atoms with van der Waals surface area (Å²) >= 11 is 0. The Morgan fingerprint density at radius 2 is 1.95 bits per heavy atom. The van der Waals surface area contributed by atoms with E-state index in [-0.39, 0.29) is 11.8 Å². The van der Waals surface area contributed by atoms with Crippen molar-refractivity contribution in [2.24, 2.45) is 11.8 Å². The lowest BCUT2D eigenvalue weighted by molar-refractivity contribution is -0.140. The van der Waals surface area contributed by atoms with Gasteiger partial charge in [0, 0.05) is 13.2 Å². The van der Waals surface area contributed by atoms with Gasteiger partial charge in [0.2, 0.25) is 5.91 Å². The van der Waals surface area contributed by atoms with Crippen LogP contribution < -0.4 is 5.32 Å². The highest BCUT2D eigenvalue weighted by atomic mass is 16.5. The number of amides is 1. The smallest absolute Gasteiger partial charge is 0.307 e. The average molecular weight is 291 g/mol. The molecule has 1 fully saturated rings. The van der Waals surface area contributed by atoms with Crippen molar-refractivity contribution in [1.82, 2.24) is 5.32 Å². The van der Waals surface area contributed by atoms with Crippen LogP contribution in [0.5, 0.6) is 0 Å². The molecule has 0 spiro atoms. The molecule has 0 heterocycles. The van der Waals surface area contributed by atoms with Crippen molar-refractivity contribution in [3.63, 3.8) is 0 Å². The van der Waals surface area contributed by atoms with Gasteiger partial charge in [-0.2, -0.15) is 0 Å². The predicted octanol–water partition coefficient (Wildman–Crippen LogP) is 1.47. The first-order valence-corrected chi connectivity index (χ1v) is 7.30. The van der Waals surface area contributed by atoms with E-state index in [9.17, 15) is 9.59 Å². The van der Waals surface area contributed by atoms with E-state index in [1.54, 1.807) is 0 Å². The molecule has 1 amide bonds. The van der Waals surface area contributed by atoms with Crippen molar-refractivity contribution in [2.45, 2.75) is 19.3 Å². The lowest BCUT2D eigenvalue weighted by Crippen LogP contribution is -2.28. The van der Waals surface area contributed by atoms with E-state index < -0.39 is 11.9 Å². The number of rotatable bonds is 9. The lowest BCUT2D eigenvalue weighted by Gasteiger charge is -2.06. The number of nitrogens with one attached hydrogen (secondary N) is 1. The summed E-state index contributed by atoms with van der Waals surface area (Å²) < 4.78 is 5.51. The fraction of sp³-hybridized carbons (Fsp3) is 0.500. The van der Waals surface area contributed by atoms with Gasteiger partial charge in [0.15, 0.2) is 0 Å². The van der Waals surface area contributed by atoms with E-state index in [0.717, 1.165) is 12.8 Å². The predicted molar refractivity (Wildman–Crippen MR) is 77.8 cm³/mol. The third-order valence-electron chi connectivity index (χ3n) is 3.59. The molecule has 2 atom stereocenters. The molecule has 0 bridgehead atoms. The molecule has 21 heavy (non-hydrogen) atoms. The molecule has 114 valence electrons. The Hall–Kier alpha value is -1.88. The number of ether oxygens (including phenoxy) is 1. The molecule has 0 saturated heterocycles. The standard InChI is InChI=1S/C16H21NO4/c18-15(13-11-14(13)16(19)20)17-8-4-9-21-10-7-12-5-2-1-3-6-12/h1-3,5-6,13-14H,4,7-11H2,(H,17,18)(H,19,20). The number of carboxylic acid groups (broad SMARTS) is 1. The highest BCUT2D eigenvalue weighted by molar-refractivity contribution is 5.89. The number of carboxylic acids is 1. The molecule has 2 rings (SSSR count). The molecule has 2 unspecified atom stereocenters. The van der Waals surface area contributed by atoms with Crippen molar-refractivity contribution >= 4 is 11.9 Å². The topological polar surface area (TPSA) is 75.6 Å². The van der Waals surface area contributed by atoms with Crippen LogP contribution in [0.4, 0.5) is 0 Å². The Labute approximate surface area is 124 Å². The van der Waals surface area contributed by atoms with E-state index in [4.69, 9.17) is 9.84 Å². The minimum atomic E-state index is -0.876. The number of carbonyl (C=O) groups is 2. The minimum Gasteiger partial charge on any atom is -0.481 e. The summed E-state index contributed by atoms with van der Waals surface area (Å²) in [6.45, 7) is 1.80. The molecule has 1 saturated carbocycles. The molecule has 5 nitrogen and oxygen atoms in total. The Morgan fingerprint density at radius 1 is 1.19 bits per heavy atom. The SMILES string of the molecule is O=C(O)C1CC1C(=O)NCCCOCCc1ccccc1. The Morgan fingerprint density at radius 3 is 2.62 bits per heavy atom. The van der Waals surface area contributed by atoms with Gasteiger partial charge in [0.05, 0.1) is 18.4 Å². The van der Waals surface area contributed by atoms with Crippen LogP contribution in [0.3, 0.4) is 0 Å². The summed E-state index contributed by atoms with van der Waals surface area (Å²) in [7, 11) is 0. The molecule has 0 aliphatic heterocycles. The average Bonchev–Trinajstić information content (AvgIpc) is 3.28. The number of benzene rings is 1. The molecule has 2 N–H and O–H groups in total. The van der Waals surface area contributed by atoms with Gasteiger partial charge >= 0.3 is 5.97 Å². The highest BCUT2D eigenvalue weighted by Crippen LogP contribution is 2.38. The van der Waals surface area contributed by atoms with Crippen LogP contribution in [-0.4, -0.2) is 36.7 Å². The third-order valence-corrected chi connectivity index (χ3v) is 3.59. The highest BCUT2D eigenvalue weighted by Gasteiger charge is 2.48. The number of hydrogen-bond donors (Lipinski definition) is 2. The number of carbonyl (C=O) groups excluding carboxylic acids is 1. The number of hydrogen-bond acceptors (Lipinski definition) is 3. The van der Waals surface area contributed by atoms with Crippen LogP contribution in [0, 0.1) is 11.8 Å². The fourth-order valence-electron chi connectivity index (χ4n) is 2.21. The fourth-order valence-corrected chi connectivity index (χ4v) is 2.21. The van der Waals surface area contributed by atoms with Gasteiger partial charge in [-0.3, -0.25) is 9.59 Å². The number of aliphatic carboxylic acids is 1. The third kappa shape index (κ3) is 5.19. The summed E-state index contributed by atoms with van der Waals surface area (Å²) in [6.07, 6.45) is 2.09. The van der Waals surface area contributed by atoms with E-state index in [0.29, 0.717) is 26.2 Å². The van der Waals surface area contributed by atoms with Crippen LogP contribution in [0.15, 0.2) is 30.3 Å². The maximum atomic E-state index is 11.6. The van der Waals surface area contributed by atoms with Crippen LogP contribution in [0.25, 0.3) is 0 Å². The summed E-state index contributed by atoms with van der Waals surface area (Å²) in [4.78, 5) is 22.2. The first-order chi connectivity index (χ1) is 10.2. The molecule has 0 radical (unpaired) electrons. The second-order valence-electron chi connectivity index (χ2n) is 5.28. The molecule has 0 aromatic heterocycles. The second kappa shape index (κ2) is 7.78. The summed E-state index contributed by atoms with van der Waals surface area (Å²) in [5.41, 5.74) is 1.25. The second-order valence-corrected chi connectivity index (χ2v) is 5.28. The van der Waals surface area contributed by atoms with Crippen molar-refractivity contribution in [2.75, 3.05) is 19.8 Å². The van der Waals surface area contributed by atoms with Gasteiger partial charge in [-0.25, -0.2) is 0 Å². The van der Waals surface area contributed by atoms with Gasteiger partial charge < -0.3 is 15.2 Å². The van der Waals surface area contributed by atoms with Crippen LogP contribution in [0.1, 0.15) is 18.4 Å². The molecule has 1 aromatic carbocycles. The first kappa shape index (κ1) is 15.5. The zero-order valence-electron chi connectivity index (χ0n) is 12.0. The molecular weight excluding hydrogens is 270 g/mol. The maximum absolute atomic E-state index is 11.6. The molecule has 1 aromatic rings. The Bertz CT molecular complexity index is 474. The Kier molecular flexibility index (Phi) is 5.75. The van der Waals surface area contributed by atoms with Gasteiger partial charge in [0.25, 0.3) is 0 Å². The van der Waals surface area contributed by atoms with E-state index in [2.05, 4.69) is 17.4 Å². The first-order valence-electron chi connectivity index (χ1n) is 7.30. The van der Waals surface area contributed by atoms with Crippen molar-refractivity contribution in [3.8, 4) is 0 Å². The quantitative estimate of drug-likeness (QED) is 0.676. The van der Waals surface area contributed by atoms with Crippen LogP contribution in [-0.2, 0) is 20.7 Å². The molecule has 1 aliphatic rings. The molecule has 5 heteroatoms. The minimum absolute atomic E-state index is 0.147. The molecular formula is C16H21NO4. The van der Waals surface area contributed by atoms with E-state index >= 15 is 0 Å². The van der Waals surface area contributed by atoms with Gasteiger partial charge in [-0.05, 0) is 24.8 Å². The van der Waals surface area contributed by atoms with Crippen LogP contribution >= 0.6 is 0 Å². The van der Waals surface area contributed by atoms with E-state index in [1.807, 2.05) is 18.2 Å². The molecule has 1 aliphatic carbocycles. The largest absolute Gasteiger partial charge is 0.481 e. The zero-order valence-corrected chi connectivity index (χ0v) is 12.0. The van der Waals surface area contributed by atoms with Gasteiger partial charge in [-0.15, -0.1) is 0 Å². The van der Waals surface area contributed by atoms with Crippen molar-refractivity contribution in [1.29, 1.82) is 0 Å². The lowest BCUT2D eigenvalue weighted by atomic mass is 10.2. The normalized spacial score (nSPS) is 20.0.